The second kappa shape index (κ2) is 5.10. The summed E-state index contributed by atoms with van der Waals surface area (Å²) >= 11 is 0. The van der Waals surface area contributed by atoms with Crippen LogP contribution in [-0.2, 0) is 6.42 Å². The Labute approximate surface area is 114 Å². The molecule has 2 aliphatic rings. The van der Waals surface area contributed by atoms with E-state index in [-0.39, 0.29) is 12.0 Å². The molecule has 1 atom stereocenters. The molecule has 0 spiro atoms. The van der Waals surface area contributed by atoms with Crippen molar-refractivity contribution in [1.82, 2.24) is 9.80 Å². The molecule has 0 aromatic heterocycles. The highest BCUT2D eigenvalue weighted by molar-refractivity contribution is 5.37. The van der Waals surface area contributed by atoms with Gasteiger partial charge in [-0.05, 0) is 45.1 Å². The summed E-state index contributed by atoms with van der Waals surface area (Å²) < 4.78 is 19.1. The Hall–Kier alpha value is -1.13. The van der Waals surface area contributed by atoms with Gasteiger partial charge in [0.25, 0.3) is 0 Å². The fraction of sp³-hybridized carbons (Fsp3) is 0.600. The van der Waals surface area contributed by atoms with Crippen LogP contribution in [0, 0.1) is 5.82 Å². The first-order valence-electron chi connectivity index (χ1n) is 6.99. The standard InChI is InChI=1S/C15H21FN2O/c1-17(2)13-5-7-18(8-6-13)15-10-11-9-12(16)3-4-14(11)19-15/h3-4,9,13,15H,5-8,10H2,1-2H3. The molecule has 2 heterocycles. The van der Waals surface area contributed by atoms with Gasteiger partial charge in [-0.15, -0.1) is 0 Å². The van der Waals surface area contributed by atoms with Crippen LogP contribution in [0.5, 0.6) is 5.75 Å². The summed E-state index contributed by atoms with van der Waals surface area (Å²) in [7, 11) is 4.29. The number of ether oxygens (including phenoxy) is 1. The van der Waals surface area contributed by atoms with E-state index < -0.39 is 0 Å². The molecule has 0 amide bonds. The van der Waals surface area contributed by atoms with Gasteiger partial charge in [0.1, 0.15) is 11.6 Å². The van der Waals surface area contributed by atoms with Gasteiger partial charge in [-0.3, -0.25) is 4.90 Å². The fourth-order valence-electron chi connectivity index (χ4n) is 3.09. The predicted octanol–water partition coefficient (Wildman–Crippen LogP) is 2.11. The van der Waals surface area contributed by atoms with Crippen molar-refractivity contribution in [2.75, 3.05) is 27.2 Å². The van der Waals surface area contributed by atoms with Crippen LogP contribution < -0.4 is 4.74 Å². The molecule has 1 aromatic rings. The normalized spacial score (nSPS) is 24.5. The van der Waals surface area contributed by atoms with Gasteiger partial charge in [0.2, 0.25) is 0 Å². The molecule has 0 aliphatic carbocycles. The van der Waals surface area contributed by atoms with Gasteiger partial charge in [0.05, 0.1) is 0 Å². The molecule has 0 saturated carbocycles. The zero-order chi connectivity index (χ0) is 13.4. The van der Waals surface area contributed by atoms with Crippen LogP contribution in [0.15, 0.2) is 18.2 Å². The summed E-state index contributed by atoms with van der Waals surface area (Å²) in [5, 5.41) is 0. The second-order valence-electron chi connectivity index (χ2n) is 5.76. The number of nitrogens with zero attached hydrogens (tertiary/aromatic N) is 2. The molecule has 3 nitrogen and oxygen atoms in total. The molecule has 4 heteroatoms. The average molecular weight is 264 g/mol. The molecule has 1 saturated heterocycles. The maximum Gasteiger partial charge on any atom is 0.156 e. The predicted molar refractivity (Wildman–Crippen MR) is 72.8 cm³/mol. The Morgan fingerprint density at radius 3 is 2.68 bits per heavy atom. The smallest absolute Gasteiger partial charge is 0.156 e. The molecular weight excluding hydrogens is 243 g/mol. The number of fused-ring (bicyclic) bond motifs is 1. The Morgan fingerprint density at radius 2 is 2.00 bits per heavy atom. The van der Waals surface area contributed by atoms with E-state index in [2.05, 4.69) is 23.9 Å². The van der Waals surface area contributed by atoms with Gasteiger partial charge in [-0.1, -0.05) is 0 Å². The Balaban J connectivity index is 1.61. The van der Waals surface area contributed by atoms with E-state index in [1.165, 1.54) is 18.9 Å². The lowest BCUT2D eigenvalue weighted by Crippen LogP contribution is -2.47. The van der Waals surface area contributed by atoms with Crippen LogP contribution in [0.1, 0.15) is 18.4 Å². The third-order valence-electron chi connectivity index (χ3n) is 4.32. The average Bonchev–Trinajstić information content (AvgIpc) is 2.81. The number of benzene rings is 1. The molecule has 1 aromatic carbocycles. The highest BCUT2D eigenvalue weighted by Crippen LogP contribution is 2.31. The molecule has 1 unspecified atom stereocenters. The molecular formula is C15H21FN2O. The van der Waals surface area contributed by atoms with E-state index in [0.717, 1.165) is 30.8 Å². The first-order chi connectivity index (χ1) is 9.13. The molecule has 0 radical (unpaired) electrons. The van der Waals surface area contributed by atoms with Crippen LogP contribution in [0.2, 0.25) is 0 Å². The number of rotatable bonds is 2. The molecule has 2 aliphatic heterocycles. The Bertz CT molecular complexity index is 455. The van der Waals surface area contributed by atoms with E-state index in [1.54, 1.807) is 12.1 Å². The van der Waals surface area contributed by atoms with Crippen LogP contribution in [0.3, 0.4) is 0 Å². The van der Waals surface area contributed by atoms with Crippen molar-refractivity contribution in [3.8, 4) is 5.75 Å². The van der Waals surface area contributed by atoms with E-state index >= 15 is 0 Å². The highest BCUT2D eigenvalue weighted by Gasteiger charge is 2.31. The molecule has 0 N–H and O–H groups in total. The number of likely N-dealkylation sites (tertiary alicyclic amines) is 1. The van der Waals surface area contributed by atoms with Crippen molar-refractivity contribution < 1.29 is 9.13 Å². The monoisotopic (exact) mass is 264 g/mol. The van der Waals surface area contributed by atoms with Crippen molar-refractivity contribution >= 4 is 0 Å². The van der Waals surface area contributed by atoms with Gasteiger partial charge < -0.3 is 9.64 Å². The van der Waals surface area contributed by atoms with Gasteiger partial charge in [-0.25, -0.2) is 4.39 Å². The highest BCUT2D eigenvalue weighted by atomic mass is 19.1. The van der Waals surface area contributed by atoms with Crippen molar-refractivity contribution in [2.24, 2.45) is 0 Å². The lowest BCUT2D eigenvalue weighted by Gasteiger charge is -2.37. The SMILES string of the molecule is CN(C)C1CCN(C2Cc3cc(F)ccc3O2)CC1. The first kappa shape index (κ1) is 12.9. The first-order valence-corrected chi connectivity index (χ1v) is 6.99. The van der Waals surface area contributed by atoms with Crippen LogP contribution in [0.4, 0.5) is 4.39 Å². The number of hydrogen-bond donors (Lipinski definition) is 0. The third kappa shape index (κ3) is 2.60. The molecule has 19 heavy (non-hydrogen) atoms. The number of halogens is 1. The van der Waals surface area contributed by atoms with Crippen LogP contribution in [0.25, 0.3) is 0 Å². The lowest BCUT2D eigenvalue weighted by atomic mass is 10.0. The van der Waals surface area contributed by atoms with Crippen LogP contribution >= 0.6 is 0 Å². The number of piperidine rings is 1. The topological polar surface area (TPSA) is 15.7 Å². The molecule has 3 rings (SSSR count). The zero-order valence-corrected chi connectivity index (χ0v) is 11.6. The summed E-state index contributed by atoms with van der Waals surface area (Å²) in [6.07, 6.45) is 3.26. The number of hydrogen-bond acceptors (Lipinski definition) is 3. The Morgan fingerprint density at radius 1 is 1.26 bits per heavy atom. The van der Waals surface area contributed by atoms with Gasteiger partial charge in [-0.2, -0.15) is 0 Å². The van der Waals surface area contributed by atoms with E-state index in [0.29, 0.717) is 6.04 Å². The fourth-order valence-corrected chi connectivity index (χ4v) is 3.09. The van der Waals surface area contributed by atoms with E-state index in [9.17, 15) is 4.39 Å². The zero-order valence-electron chi connectivity index (χ0n) is 11.6. The van der Waals surface area contributed by atoms with Crippen molar-refractivity contribution in [3.63, 3.8) is 0 Å². The van der Waals surface area contributed by atoms with Gasteiger partial charge in [0, 0.05) is 31.1 Å². The minimum atomic E-state index is -0.172. The summed E-state index contributed by atoms with van der Waals surface area (Å²) in [5.74, 6) is 0.676. The van der Waals surface area contributed by atoms with Crippen LogP contribution in [-0.4, -0.2) is 49.3 Å². The quantitative estimate of drug-likeness (QED) is 0.813. The van der Waals surface area contributed by atoms with E-state index in [4.69, 9.17) is 4.74 Å². The summed E-state index contributed by atoms with van der Waals surface area (Å²) in [4.78, 5) is 4.69. The molecule has 0 bridgehead atoms. The summed E-state index contributed by atoms with van der Waals surface area (Å²) in [6, 6.07) is 5.50. The van der Waals surface area contributed by atoms with Crippen molar-refractivity contribution in [2.45, 2.75) is 31.5 Å². The minimum absolute atomic E-state index is 0.0971. The third-order valence-corrected chi connectivity index (χ3v) is 4.32. The van der Waals surface area contributed by atoms with Crippen molar-refractivity contribution in [1.29, 1.82) is 0 Å². The summed E-state index contributed by atoms with van der Waals surface area (Å²) in [5.41, 5.74) is 1.000. The van der Waals surface area contributed by atoms with Crippen molar-refractivity contribution in [3.05, 3.63) is 29.6 Å². The summed E-state index contributed by atoms with van der Waals surface area (Å²) in [6.45, 7) is 2.12. The maximum absolute atomic E-state index is 13.2. The maximum atomic E-state index is 13.2. The van der Waals surface area contributed by atoms with Gasteiger partial charge >= 0.3 is 0 Å². The molecule has 104 valence electrons. The second-order valence-corrected chi connectivity index (χ2v) is 5.76. The largest absolute Gasteiger partial charge is 0.474 e. The molecule has 1 fully saturated rings. The van der Waals surface area contributed by atoms with E-state index in [1.807, 2.05) is 0 Å². The lowest BCUT2D eigenvalue weighted by molar-refractivity contribution is 0.0118. The minimum Gasteiger partial charge on any atom is -0.474 e. The van der Waals surface area contributed by atoms with Gasteiger partial charge in [0.15, 0.2) is 6.23 Å². The Kier molecular flexibility index (Phi) is 3.46.